The molecule has 1 unspecified atom stereocenters. The molecule has 1 rings (SSSR count). The lowest BCUT2D eigenvalue weighted by Gasteiger charge is -2.31. The lowest BCUT2D eigenvalue weighted by Crippen LogP contribution is -2.37. The van der Waals surface area contributed by atoms with Crippen molar-refractivity contribution in [2.45, 2.75) is 58.0 Å². The summed E-state index contributed by atoms with van der Waals surface area (Å²) in [6, 6.07) is 0. The van der Waals surface area contributed by atoms with Crippen molar-refractivity contribution in [2.24, 2.45) is 5.41 Å². The first kappa shape index (κ1) is 14.7. The van der Waals surface area contributed by atoms with Gasteiger partial charge in [0, 0.05) is 18.5 Å². The van der Waals surface area contributed by atoms with E-state index in [-0.39, 0.29) is 11.5 Å². The zero-order chi connectivity index (χ0) is 12.7. The summed E-state index contributed by atoms with van der Waals surface area (Å²) >= 11 is 0. The Kier molecular flexibility index (Phi) is 6.14. The molecule has 0 aliphatic heterocycles. The van der Waals surface area contributed by atoms with Gasteiger partial charge in [-0.05, 0) is 33.2 Å². The van der Waals surface area contributed by atoms with Crippen molar-refractivity contribution in [1.82, 2.24) is 4.90 Å². The van der Waals surface area contributed by atoms with Crippen LogP contribution in [-0.2, 0) is 4.79 Å². The first-order valence-corrected chi connectivity index (χ1v) is 6.91. The molecule has 1 atom stereocenters. The Balaban J connectivity index is 2.45. The second-order valence-corrected chi connectivity index (χ2v) is 5.77. The molecule has 1 aliphatic carbocycles. The van der Waals surface area contributed by atoms with Crippen LogP contribution in [0.15, 0.2) is 0 Å². The van der Waals surface area contributed by atoms with E-state index in [0.29, 0.717) is 0 Å². The summed E-state index contributed by atoms with van der Waals surface area (Å²) in [6.45, 7) is 3.53. The lowest BCUT2D eigenvalue weighted by molar-refractivity contribution is -0.118. The van der Waals surface area contributed by atoms with Gasteiger partial charge in [0.2, 0.25) is 0 Å². The van der Waals surface area contributed by atoms with Gasteiger partial charge in [-0.2, -0.15) is 0 Å². The third-order valence-corrected chi connectivity index (χ3v) is 3.86. The third kappa shape index (κ3) is 5.17. The molecule has 0 spiro atoms. The number of aliphatic hydroxyl groups is 1. The minimum atomic E-state index is -0.251. The monoisotopic (exact) mass is 241 g/mol. The van der Waals surface area contributed by atoms with Gasteiger partial charge < -0.3 is 14.8 Å². The average molecular weight is 241 g/mol. The van der Waals surface area contributed by atoms with Gasteiger partial charge in [-0.25, -0.2) is 0 Å². The first-order chi connectivity index (χ1) is 8.08. The van der Waals surface area contributed by atoms with Crippen LogP contribution in [0.3, 0.4) is 0 Å². The maximum Gasteiger partial charge on any atom is 0.127 e. The van der Waals surface area contributed by atoms with Gasteiger partial charge in [0.25, 0.3) is 0 Å². The van der Waals surface area contributed by atoms with Crippen molar-refractivity contribution < 1.29 is 9.90 Å². The largest absolute Gasteiger partial charge is 0.393 e. The van der Waals surface area contributed by atoms with E-state index >= 15 is 0 Å². The van der Waals surface area contributed by atoms with E-state index in [0.717, 1.165) is 32.4 Å². The Hall–Kier alpha value is -0.410. The summed E-state index contributed by atoms with van der Waals surface area (Å²) in [5.41, 5.74) is -0.121. The SMILES string of the molecule is CC(O)CCN(C)CC1(C=O)CCCCCC1. The van der Waals surface area contributed by atoms with Crippen LogP contribution in [0, 0.1) is 5.41 Å². The van der Waals surface area contributed by atoms with E-state index in [1.807, 2.05) is 6.92 Å². The predicted octanol–water partition coefficient (Wildman–Crippen LogP) is 2.23. The van der Waals surface area contributed by atoms with Crippen LogP contribution in [-0.4, -0.2) is 42.5 Å². The Morgan fingerprint density at radius 3 is 2.35 bits per heavy atom. The topological polar surface area (TPSA) is 40.5 Å². The van der Waals surface area contributed by atoms with E-state index in [1.54, 1.807) is 0 Å². The van der Waals surface area contributed by atoms with Crippen molar-refractivity contribution in [1.29, 1.82) is 0 Å². The Morgan fingerprint density at radius 2 is 1.88 bits per heavy atom. The van der Waals surface area contributed by atoms with E-state index in [4.69, 9.17) is 0 Å². The second-order valence-electron chi connectivity index (χ2n) is 5.77. The fourth-order valence-corrected chi connectivity index (χ4v) is 2.77. The molecule has 1 saturated carbocycles. The van der Waals surface area contributed by atoms with E-state index in [2.05, 4.69) is 11.9 Å². The minimum Gasteiger partial charge on any atom is -0.393 e. The molecule has 100 valence electrons. The Labute approximate surface area is 105 Å². The zero-order valence-electron chi connectivity index (χ0n) is 11.3. The predicted molar refractivity (Wildman–Crippen MR) is 70.0 cm³/mol. The highest BCUT2D eigenvalue weighted by Crippen LogP contribution is 2.33. The standard InChI is InChI=1S/C14H27NO2/c1-13(17)7-10-15(2)11-14(12-16)8-5-3-4-6-9-14/h12-13,17H,3-11H2,1-2H3. The van der Waals surface area contributed by atoms with Crippen LogP contribution in [0.5, 0.6) is 0 Å². The van der Waals surface area contributed by atoms with Crippen molar-refractivity contribution >= 4 is 6.29 Å². The molecule has 0 radical (unpaired) electrons. The van der Waals surface area contributed by atoms with Crippen molar-refractivity contribution in [3.05, 3.63) is 0 Å². The second kappa shape index (κ2) is 7.12. The summed E-state index contributed by atoms with van der Waals surface area (Å²) in [5, 5.41) is 9.28. The Morgan fingerprint density at radius 1 is 1.29 bits per heavy atom. The van der Waals surface area contributed by atoms with Gasteiger partial charge in [-0.15, -0.1) is 0 Å². The highest BCUT2D eigenvalue weighted by atomic mass is 16.3. The van der Waals surface area contributed by atoms with Gasteiger partial charge in [0.1, 0.15) is 6.29 Å². The highest BCUT2D eigenvalue weighted by molar-refractivity contribution is 5.59. The fraction of sp³-hybridized carbons (Fsp3) is 0.929. The number of aldehydes is 1. The molecule has 17 heavy (non-hydrogen) atoms. The summed E-state index contributed by atoms with van der Waals surface area (Å²) in [7, 11) is 2.05. The fourth-order valence-electron chi connectivity index (χ4n) is 2.77. The van der Waals surface area contributed by atoms with Crippen LogP contribution in [0.25, 0.3) is 0 Å². The summed E-state index contributed by atoms with van der Waals surface area (Å²) < 4.78 is 0. The molecule has 1 N–H and O–H groups in total. The van der Waals surface area contributed by atoms with Crippen LogP contribution in [0.2, 0.25) is 0 Å². The molecule has 0 heterocycles. The van der Waals surface area contributed by atoms with Crippen LogP contribution >= 0.6 is 0 Å². The maximum atomic E-state index is 11.4. The summed E-state index contributed by atoms with van der Waals surface area (Å²) in [5.74, 6) is 0. The molecule has 0 amide bonds. The third-order valence-electron chi connectivity index (χ3n) is 3.86. The number of nitrogens with zero attached hydrogens (tertiary/aromatic N) is 1. The smallest absolute Gasteiger partial charge is 0.127 e. The van der Waals surface area contributed by atoms with Gasteiger partial charge in [-0.1, -0.05) is 25.7 Å². The summed E-state index contributed by atoms with van der Waals surface area (Å²) in [4.78, 5) is 13.6. The molecule has 3 heteroatoms. The lowest BCUT2D eigenvalue weighted by atomic mass is 9.81. The minimum absolute atomic E-state index is 0.121. The van der Waals surface area contributed by atoms with E-state index in [9.17, 15) is 9.90 Å². The molecule has 1 fully saturated rings. The summed E-state index contributed by atoms with van der Waals surface area (Å²) in [6.07, 6.45) is 8.71. The van der Waals surface area contributed by atoms with Gasteiger partial charge in [-0.3, -0.25) is 0 Å². The number of rotatable bonds is 6. The van der Waals surface area contributed by atoms with Gasteiger partial charge in [0.05, 0.1) is 6.10 Å². The Bertz CT molecular complexity index is 220. The van der Waals surface area contributed by atoms with Gasteiger partial charge in [0.15, 0.2) is 0 Å². The molecule has 0 aromatic rings. The van der Waals surface area contributed by atoms with E-state index < -0.39 is 0 Å². The first-order valence-electron chi connectivity index (χ1n) is 6.91. The van der Waals surface area contributed by atoms with E-state index in [1.165, 1.54) is 32.0 Å². The number of aliphatic hydroxyl groups excluding tert-OH is 1. The molecule has 0 saturated heterocycles. The quantitative estimate of drug-likeness (QED) is 0.572. The van der Waals surface area contributed by atoms with Crippen LogP contribution < -0.4 is 0 Å². The van der Waals surface area contributed by atoms with Crippen LogP contribution in [0.4, 0.5) is 0 Å². The normalized spacial score (nSPS) is 22.1. The number of hydrogen-bond acceptors (Lipinski definition) is 3. The number of hydrogen-bond donors (Lipinski definition) is 1. The molecule has 0 aromatic heterocycles. The molecule has 3 nitrogen and oxygen atoms in total. The number of carbonyl (C=O) groups excluding carboxylic acids is 1. The van der Waals surface area contributed by atoms with Crippen molar-refractivity contribution in [3.63, 3.8) is 0 Å². The van der Waals surface area contributed by atoms with Crippen LogP contribution in [0.1, 0.15) is 51.9 Å². The molecular formula is C14H27NO2. The molecule has 0 bridgehead atoms. The molecular weight excluding hydrogens is 214 g/mol. The zero-order valence-corrected chi connectivity index (χ0v) is 11.3. The molecule has 1 aliphatic rings. The van der Waals surface area contributed by atoms with Crippen molar-refractivity contribution in [2.75, 3.05) is 20.1 Å². The average Bonchev–Trinajstić information content (AvgIpc) is 2.53. The molecule has 0 aromatic carbocycles. The van der Waals surface area contributed by atoms with Crippen molar-refractivity contribution in [3.8, 4) is 0 Å². The maximum absolute atomic E-state index is 11.4. The highest BCUT2D eigenvalue weighted by Gasteiger charge is 2.31. The van der Waals surface area contributed by atoms with Gasteiger partial charge >= 0.3 is 0 Å². The number of carbonyl (C=O) groups is 1.